The number of ether oxygens (including phenoxy) is 2. The van der Waals surface area contributed by atoms with Gasteiger partial charge in [0.25, 0.3) is 0 Å². The number of carbonyl (C=O) groups excluding carboxylic acids is 1. The van der Waals surface area contributed by atoms with Gasteiger partial charge >= 0.3 is 0 Å². The van der Waals surface area contributed by atoms with Gasteiger partial charge in [0.05, 0.1) is 18.8 Å². The third kappa shape index (κ3) is 1.47. The average Bonchev–Trinajstić information content (AvgIpc) is 2.40. The lowest BCUT2D eigenvalue weighted by atomic mass is 9.93. The van der Waals surface area contributed by atoms with Crippen molar-refractivity contribution in [3.8, 4) is 17.2 Å². The summed E-state index contributed by atoms with van der Waals surface area (Å²) in [5.74, 6) is 1.22. The van der Waals surface area contributed by atoms with Crippen LogP contribution in [0.3, 0.4) is 0 Å². The summed E-state index contributed by atoms with van der Waals surface area (Å²) in [4.78, 5) is 11.2. The largest absolute Gasteiger partial charge is 0.504 e. The highest BCUT2D eigenvalue weighted by atomic mass is 16.5. The highest BCUT2D eigenvalue weighted by molar-refractivity contribution is 5.86. The smallest absolute Gasteiger partial charge is 0.165 e. The first-order valence-electron chi connectivity index (χ1n) is 5.94. The highest BCUT2D eigenvalue weighted by Gasteiger charge is 2.28. The predicted octanol–water partition coefficient (Wildman–Crippen LogP) is 1.85. The molecule has 0 bridgehead atoms. The van der Waals surface area contributed by atoms with Gasteiger partial charge in [-0.25, -0.2) is 0 Å². The Bertz CT molecular complexity index is 442. The fourth-order valence-corrected chi connectivity index (χ4v) is 2.58. The van der Waals surface area contributed by atoms with E-state index < -0.39 is 0 Å². The molecule has 1 N–H and O–H groups in total. The Hall–Kier alpha value is -1.71. The minimum absolute atomic E-state index is 0.167. The normalized spacial score (nSPS) is 17.4. The van der Waals surface area contributed by atoms with Crippen LogP contribution in [0.5, 0.6) is 17.2 Å². The average molecular weight is 234 g/mol. The van der Waals surface area contributed by atoms with Crippen LogP contribution in [-0.4, -0.2) is 24.6 Å². The third-order valence-corrected chi connectivity index (χ3v) is 3.37. The third-order valence-electron chi connectivity index (χ3n) is 3.37. The lowest BCUT2D eigenvalue weighted by molar-refractivity contribution is 0.111. The van der Waals surface area contributed by atoms with Gasteiger partial charge in [0, 0.05) is 11.1 Å². The summed E-state index contributed by atoms with van der Waals surface area (Å²) in [6.07, 6.45) is 4.03. The van der Waals surface area contributed by atoms with Gasteiger partial charge in [-0.3, -0.25) is 4.79 Å². The van der Waals surface area contributed by atoms with E-state index in [2.05, 4.69) is 0 Å². The Labute approximate surface area is 99.2 Å². The Kier molecular flexibility index (Phi) is 2.42. The number of aromatic hydroxyl groups is 1. The summed E-state index contributed by atoms with van der Waals surface area (Å²) < 4.78 is 11.0. The first-order chi connectivity index (χ1) is 8.33. The van der Waals surface area contributed by atoms with E-state index >= 15 is 0 Å². The van der Waals surface area contributed by atoms with Gasteiger partial charge in [0.1, 0.15) is 5.75 Å². The van der Waals surface area contributed by atoms with E-state index in [0.29, 0.717) is 30.3 Å². The molecule has 0 radical (unpaired) electrons. The first kappa shape index (κ1) is 10.4. The number of hydrogen-bond acceptors (Lipinski definition) is 4. The Balaban J connectivity index is 2.28. The second kappa shape index (κ2) is 3.95. The van der Waals surface area contributed by atoms with Crippen LogP contribution in [0.1, 0.15) is 34.3 Å². The molecule has 0 aliphatic carbocycles. The molecule has 0 aromatic heterocycles. The summed E-state index contributed by atoms with van der Waals surface area (Å²) >= 11 is 0. The molecule has 4 heteroatoms. The summed E-state index contributed by atoms with van der Waals surface area (Å²) in [6, 6.07) is 0. The number of benzene rings is 1. The van der Waals surface area contributed by atoms with E-state index in [9.17, 15) is 9.90 Å². The van der Waals surface area contributed by atoms with Crippen molar-refractivity contribution >= 4 is 6.29 Å². The highest BCUT2D eigenvalue weighted by Crippen LogP contribution is 2.46. The van der Waals surface area contributed by atoms with Crippen molar-refractivity contribution in [3.63, 3.8) is 0 Å². The van der Waals surface area contributed by atoms with Gasteiger partial charge in [0.2, 0.25) is 0 Å². The van der Waals surface area contributed by atoms with Gasteiger partial charge in [0.15, 0.2) is 17.8 Å². The fourth-order valence-electron chi connectivity index (χ4n) is 2.58. The van der Waals surface area contributed by atoms with E-state index in [1.54, 1.807) is 0 Å². The fraction of sp³-hybridized carbons (Fsp3) is 0.462. The van der Waals surface area contributed by atoms with Crippen LogP contribution < -0.4 is 9.47 Å². The topological polar surface area (TPSA) is 55.8 Å². The zero-order chi connectivity index (χ0) is 11.8. The number of rotatable bonds is 1. The van der Waals surface area contributed by atoms with E-state index in [4.69, 9.17) is 9.47 Å². The molecule has 0 saturated carbocycles. The van der Waals surface area contributed by atoms with Gasteiger partial charge in [-0.15, -0.1) is 0 Å². The molecule has 1 aromatic rings. The summed E-state index contributed by atoms with van der Waals surface area (Å²) in [7, 11) is 0. The van der Waals surface area contributed by atoms with E-state index in [1.807, 2.05) is 0 Å². The zero-order valence-electron chi connectivity index (χ0n) is 9.49. The predicted molar refractivity (Wildman–Crippen MR) is 61.1 cm³/mol. The standard InChI is InChI=1S/C13H14O4/c14-7-10-8-3-1-6-17-13(8)11(15)9-4-2-5-16-12(9)10/h7,15H,1-6H2. The lowest BCUT2D eigenvalue weighted by Gasteiger charge is -2.27. The lowest BCUT2D eigenvalue weighted by Crippen LogP contribution is -2.17. The van der Waals surface area contributed by atoms with Crippen LogP contribution in [0.25, 0.3) is 0 Å². The van der Waals surface area contributed by atoms with Gasteiger partial charge < -0.3 is 14.6 Å². The number of phenols is 1. The van der Waals surface area contributed by atoms with E-state index in [-0.39, 0.29) is 5.75 Å². The number of phenolic OH excluding ortho intramolecular Hbond substituents is 1. The molecule has 1 aromatic carbocycles. The second-order valence-corrected chi connectivity index (χ2v) is 4.40. The van der Waals surface area contributed by atoms with Crippen LogP contribution >= 0.6 is 0 Å². The zero-order valence-corrected chi connectivity index (χ0v) is 9.49. The molecule has 90 valence electrons. The molecule has 0 spiro atoms. The molecule has 4 nitrogen and oxygen atoms in total. The molecule has 0 fully saturated rings. The van der Waals surface area contributed by atoms with Crippen molar-refractivity contribution in [1.82, 2.24) is 0 Å². The molecule has 0 atom stereocenters. The molecule has 2 aliphatic rings. The number of fused-ring (bicyclic) bond motifs is 2. The van der Waals surface area contributed by atoms with Crippen molar-refractivity contribution in [2.45, 2.75) is 25.7 Å². The molecule has 3 rings (SSSR count). The van der Waals surface area contributed by atoms with Crippen molar-refractivity contribution in [2.75, 3.05) is 13.2 Å². The Morgan fingerprint density at radius 2 is 1.65 bits per heavy atom. The Morgan fingerprint density at radius 3 is 2.35 bits per heavy atom. The SMILES string of the molecule is O=Cc1c2c(c(O)c3c1OCCC3)OCCC2. The van der Waals surface area contributed by atoms with E-state index in [0.717, 1.165) is 43.1 Å². The molecular weight excluding hydrogens is 220 g/mol. The quantitative estimate of drug-likeness (QED) is 0.753. The van der Waals surface area contributed by atoms with Crippen molar-refractivity contribution < 1.29 is 19.4 Å². The van der Waals surface area contributed by atoms with Crippen LogP contribution in [0.2, 0.25) is 0 Å². The van der Waals surface area contributed by atoms with Crippen LogP contribution in [-0.2, 0) is 12.8 Å². The van der Waals surface area contributed by atoms with Gasteiger partial charge in [-0.1, -0.05) is 0 Å². The summed E-state index contributed by atoms with van der Waals surface area (Å²) in [5, 5.41) is 10.2. The van der Waals surface area contributed by atoms with Crippen molar-refractivity contribution in [3.05, 3.63) is 16.7 Å². The molecule has 0 unspecified atom stereocenters. The first-order valence-corrected chi connectivity index (χ1v) is 5.94. The van der Waals surface area contributed by atoms with E-state index in [1.165, 1.54) is 0 Å². The maximum absolute atomic E-state index is 11.2. The van der Waals surface area contributed by atoms with Crippen LogP contribution in [0.15, 0.2) is 0 Å². The molecule has 17 heavy (non-hydrogen) atoms. The maximum Gasteiger partial charge on any atom is 0.165 e. The van der Waals surface area contributed by atoms with Crippen LogP contribution in [0.4, 0.5) is 0 Å². The number of hydrogen-bond donors (Lipinski definition) is 1. The minimum Gasteiger partial charge on any atom is -0.504 e. The molecule has 2 aliphatic heterocycles. The number of aldehydes is 1. The number of carbonyl (C=O) groups is 1. The monoisotopic (exact) mass is 234 g/mol. The minimum atomic E-state index is 0.167. The van der Waals surface area contributed by atoms with Crippen molar-refractivity contribution in [1.29, 1.82) is 0 Å². The molecule has 0 saturated heterocycles. The van der Waals surface area contributed by atoms with Crippen molar-refractivity contribution in [2.24, 2.45) is 0 Å². The molecule has 0 amide bonds. The second-order valence-electron chi connectivity index (χ2n) is 4.40. The maximum atomic E-state index is 11.2. The summed E-state index contributed by atoms with van der Waals surface area (Å²) in [5.41, 5.74) is 2.08. The van der Waals surface area contributed by atoms with Crippen LogP contribution in [0, 0.1) is 0 Å². The molecule has 2 heterocycles. The Morgan fingerprint density at radius 1 is 1.00 bits per heavy atom. The van der Waals surface area contributed by atoms with Gasteiger partial charge in [-0.05, 0) is 25.7 Å². The molecular formula is C13H14O4. The van der Waals surface area contributed by atoms with Gasteiger partial charge in [-0.2, -0.15) is 0 Å². The summed E-state index contributed by atoms with van der Waals surface area (Å²) in [6.45, 7) is 1.20.